The van der Waals surface area contributed by atoms with Crippen LogP contribution in [0.1, 0.15) is 52.6 Å². The molecule has 0 unspecified atom stereocenters. The number of para-hydroxylation sites is 1. The van der Waals surface area contributed by atoms with Gasteiger partial charge in [-0.25, -0.2) is 14.2 Å². The SMILES string of the molecule is CC(C)Oc1cccc2ccc(-c3nnc4ccc([C@@H](N5CC[C@@](CF)(NC(=O)OC(C)(C)C)C5)C(F)(F)F)cn34)nc12. The Labute approximate surface area is 246 Å². The molecule has 0 spiro atoms. The van der Waals surface area contributed by atoms with Gasteiger partial charge in [0.05, 0.1) is 11.6 Å². The molecular weight excluding hydrogens is 568 g/mol. The maximum Gasteiger partial charge on any atom is 0.408 e. The van der Waals surface area contributed by atoms with Gasteiger partial charge >= 0.3 is 12.3 Å². The number of nitrogens with zero attached hydrogens (tertiary/aromatic N) is 5. The van der Waals surface area contributed by atoms with Gasteiger partial charge in [-0.1, -0.05) is 24.3 Å². The Morgan fingerprint density at radius 2 is 1.86 bits per heavy atom. The number of nitrogens with one attached hydrogen (secondary N) is 1. The molecule has 43 heavy (non-hydrogen) atoms. The second-order valence-electron chi connectivity index (χ2n) is 12.1. The Morgan fingerprint density at radius 3 is 2.53 bits per heavy atom. The van der Waals surface area contributed by atoms with E-state index in [2.05, 4.69) is 15.5 Å². The first kappa shape index (κ1) is 30.5. The van der Waals surface area contributed by atoms with E-state index in [0.717, 1.165) is 10.3 Å². The van der Waals surface area contributed by atoms with E-state index in [1.54, 1.807) is 32.9 Å². The monoisotopic (exact) mass is 602 g/mol. The standard InChI is InChI=1S/C30H34F4N6O3/c1-18(2)42-22-8-6-7-19-9-11-21(35-24(19)22)26-38-37-23-12-10-20(15-40(23)26)25(30(32,33)34)39-14-13-29(16-31,17-39)36-27(41)43-28(3,4)5/h6-12,15,18,25H,13-14,16-17H2,1-5H3,(H,36,41)/t25-,29+/m1/s1. The van der Waals surface area contributed by atoms with Crippen molar-refractivity contribution in [3.8, 4) is 17.3 Å². The average Bonchev–Trinajstić information content (AvgIpc) is 3.51. The fourth-order valence-electron chi connectivity index (χ4n) is 5.33. The number of pyridine rings is 2. The average molecular weight is 603 g/mol. The van der Waals surface area contributed by atoms with Gasteiger partial charge in [-0.05, 0) is 64.8 Å². The molecule has 1 aliphatic heterocycles. The van der Waals surface area contributed by atoms with Gasteiger partial charge in [-0.2, -0.15) is 13.2 Å². The number of benzene rings is 1. The zero-order valence-electron chi connectivity index (χ0n) is 24.6. The maximum atomic E-state index is 14.7. The van der Waals surface area contributed by atoms with E-state index < -0.39 is 36.1 Å². The molecule has 0 radical (unpaired) electrons. The molecule has 4 heterocycles. The third kappa shape index (κ3) is 6.51. The summed E-state index contributed by atoms with van der Waals surface area (Å²) in [7, 11) is 0. The van der Waals surface area contributed by atoms with Crippen molar-refractivity contribution >= 4 is 22.6 Å². The molecule has 1 fully saturated rings. The molecule has 2 atom stereocenters. The first-order chi connectivity index (χ1) is 20.2. The number of carbonyl (C=O) groups is 1. The smallest absolute Gasteiger partial charge is 0.408 e. The first-order valence-corrected chi connectivity index (χ1v) is 14.0. The van der Waals surface area contributed by atoms with Crippen LogP contribution in [0.5, 0.6) is 5.75 Å². The number of fused-ring (bicyclic) bond motifs is 2. The number of rotatable bonds is 7. The molecule has 1 saturated heterocycles. The van der Waals surface area contributed by atoms with E-state index in [0.29, 0.717) is 22.6 Å². The van der Waals surface area contributed by atoms with Crippen molar-refractivity contribution in [1.29, 1.82) is 0 Å². The zero-order chi connectivity index (χ0) is 31.2. The predicted molar refractivity (Wildman–Crippen MR) is 153 cm³/mol. The molecule has 0 aliphatic carbocycles. The summed E-state index contributed by atoms with van der Waals surface area (Å²) >= 11 is 0. The number of aromatic nitrogens is 4. The number of hydrogen-bond donors (Lipinski definition) is 1. The van der Waals surface area contributed by atoms with Crippen LogP contribution >= 0.6 is 0 Å². The molecular formula is C30H34F4N6O3. The fraction of sp³-hybridized carbons (Fsp3) is 0.467. The summed E-state index contributed by atoms with van der Waals surface area (Å²) in [6.07, 6.45) is -4.35. The summed E-state index contributed by atoms with van der Waals surface area (Å²) < 4.78 is 70.9. The third-order valence-corrected chi connectivity index (χ3v) is 7.10. The van der Waals surface area contributed by atoms with Gasteiger partial charge in [0, 0.05) is 24.7 Å². The van der Waals surface area contributed by atoms with Crippen LogP contribution in [0.2, 0.25) is 0 Å². The molecule has 1 aromatic carbocycles. The number of halogens is 4. The van der Waals surface area contributed by atoms with Crippen LogP contribution in [-0.2, 0) is 4.74 Å². The minimum Gasteiger partial charge on any atom is -0.489 e. The molecule has 5 rings (SSSR count). The predicted octanol–water partition coefficient (Wildman–Crippen LogP) is 6.27. The highest BCUT2D eigenvalue weighted by atomic mass is 19.4. The summed E-state index contributed by atoms with van der Waals surface area (Å²) in [5.41, 5.74) is -1.12. The van der Waals surface area contributed by atoms with Crippen LogP contribution in [0.25, 0.3) is 28.1 Å². The molecule has 0 bridgehead atoms. The number of hydrogen-bond acceptors (Lipinski definition) is 7. The highest BCUT2D eigenvalue weighted by Crippen LogP contribution is 2.41. The van der Waals surface area contributed by atoms with Gasteiger partial charge in [0.25, 0.3) is 0 Å². The van der Waals surface area contributed by atoms with Gasteiger partial charge < -0.3 is 14.8 Å². The summed E-state index contributed by atoms with van der Waals surface area (Å²) in [6, 6.07) is 9.84. The van der Waals surface area contributed by atoms with E-state index >= 15 is 0 Å². The summed E-state index contributed by atoms with van der Waals surface area (Å²) in [5.74, 6) is 0.830. The molecule has 3 aromatic heterocycles. The van der Waals surface area contributed by atoms with Crippen LogP contribution in [0.4, 0.5) is 22.4 Å². The minimum atomic E-state index is -4.70. The van der Waals surface area contributed by atoms with Crippen molar-refractivity contribution < 1.29 is 31.8 Å². The number of carbonyl (C=O) groups excluding carboxylic acids is 1. The van der Waals surface area contributed by atoms with E-state index in [9.17, 15) is 22.4 Å². The van der Waals surface area contributed by atoms with E-state index in [1.807, 2.05) is 32.0 Å². The molecule has 9 nitrogen and oxygen atoms in total. The van der Waals surface area contributed by atoms with Crippen molar-refractivity contribution in [1.82, 2.24) is 29.8 Å². The summed E-state index contributed by atoms with van der Waals surface area (Å²) in [6.45, 7) is 7.26. The topological polar surface area (TPSA) is 93.9 Å². The fourth-order valence-corrected chi connectivity index (χ4v) is 5.33. The van der Waals surface area contributed by atoms with Crippen LogP contribution in [0, 0.1) is 0 Å². The van der Waals surface area contributed by atoms with Gasteiger partial charge in [0.2, 0.25) is 0 Å². The molecule has 1 aliphatic rings. The van der Waals surface area contributed by atoms with Crippen molar-refractivity contribution in [2.24, 2.45) is 0 Å². The molecule has 4 aromatic rings. The number of ether oxygens (including phenoxy) is 2. The summed E-state index contributed by atoms with van der Waals surface area (Å²) in [5, 5.41) is 11.7. The van der Waals surface area contributed by atoms with Crippen molar-refractivity contribution in [3.63, 3.8) is 0 Å². The lowest BCUT2D eigenvalue weighted by molar-refractivity contribution is -0.184. The van der Waals surface area contributed by atoms with Crippen molar-refractivity contribution in [3.05, 3.63) is 54.2 Å². The second kappa shape index (κ2) is 11.3. The maximum absolute atomic E-state index is 14.7. The van der Waals surface area contributed by atoms with Crippen LogP contribution < -0.4 is 10.1 Å². The number of alkyl halides is 4. The Balaban J connectivity index is 1.49. The number of alkyl carbamates (subject to hydrolysis) is 1. The molecule has 0 saturated carbocycles. The van der Waals surface area contributed by atoms with Crippen molar-refractivity contribution in [2.45, 2.75) is 70.5 Å². The van der Waals surface area contributed by atoms with E-state index in [1.165, 1.54) is 22.7 Å². The highest BCUT2D eigenvalue weighted by Gasteiger charge is 2.51. The van der Waals surface area contributed by atoms with Gasteiger partial charge in [-0.15, -0.1) is 10.2 Å². The lowest BCUT2D eigenvalue weighted by Gasteiger charge is -2.33. The van der Waals surface area contributed by atoms with Crippen LogP contribution in [0.15, 0.2) is 48.7 Å². The molecule has 13 heteroatoms. The van der Waals surface area contributed by atoms with Crippen molar-refractivity contribution in [2.75, 3.05) is 19.8 Å². The van der Waals surface area contributed by atoms with E-state index in [4.69, 9.17) is 14.5 Å². The van der Waals surface area contributed by atoms with E-state index in [-0.39, 0.29) is 37.0 Å². The molecule has 1 N–H and O–H groups in total. The number of likely N-dealkylation sites (tertiary alicyclic amines) is 1. The van der Waals surface area contributed by atoms with Crippen LogP contribution in [0.3, 0.4) is 0 Å². The third-order valence-electron chi connectivity index (χ3n) is 7.10. The van der Waals surface area contributed by atoms with Gasteiger partial charge in [0.15, 0.2) is 11.5 Å². The number of amides is 1. The molecule has 230 valence electrons. The Morgan fingerprint density at radius 1 is 1.09 bits per heavy atom. The lowest BCUT2D eigenvalue weighted by atomic mass is 10.0. The Hall–Kier alpha value is -4.00. The Bertz CT molecular complexity index is 1630. The van der Waals surface area contributed by atoms with Gasteiger partial charge in [0.1, 0.15) is 35.3 Å². The zero-order valence-corrected chi connectivity index (χ0v) is 24.6. The van der Waals surface area contributed by atoms with Gasteiger partial charge in [-0.3, -0.25) is 9.30 Å². The molecule has 1 amide bonds. The Kier molecular flexibility index (Phi) is 7.97. The second-order valence-corrected chi connectivity index (χ2v) is 12.1. The first-order valence-electron chi connectivity index (χ1n) is 14.0. The lowest BCUT2D eigenvalue weighted by Crippen LogP contribution is -2.54. The highest BCUT2D eigenvalue weighted by molar-refractivity contribution is 5.86. The summed E-state index contributed by atoms with van der Waals surface area (Å²) in [4.78, 5) is 18.3. The quantitative estimate of drug-likeness (QED) is 0.249. The normalized spacial score (nSPS) is 18.8. The largest absolute Gasteiger partial charge is 0.489 e. The minimum absolute atomic E-state index is 0.0166. The van der Waals surface area contributed by atoms with Crippen LogP contribution in [-0.4, -0.2) is 73.8 Å².